The maximum absolute atomic E-state index is 13.4. The number of amides is 1. The van der Waals surface area contributed by atoms with Crippen molar-refractivity contribution in [1.29, 1.82) is 0 Å². The van der Waals surface area contributed by atoms with Crippen molar-refractivity contribution in [3.05, 3.63) is 92.7 Å². The van der Waals surface area contributed by atoms with Crippen LogP contribution in [-0.2, 0) is 13.1 Å². The standard InChI is InChI=1S/C24H25Cl3N2O/c1-16(2)17(3)29(24(30)22-10-9-20(26)13-23(22)27)15-21-8-5-11-28(21)14-18-6-4-7-19(25)12-18/h4-13,16-17H,14-15H2,1-3H3. The molecule has 0 aliphatic heterocycles. The molecule has 1 aromatic heterocycles. The van der Waals surface area contributed by atoms with Crippen molar-refractivity contribution < 1.29 is 4.79 Å². The molecule has 1 heterocycles. The molecule has 6 heteroatoms. The second-order valence-electron chi connectivity index (χ2n) is 7.80. The second-order valence-corrected chi connectivity index (χ2v) is 9.08. The second kappa shape index (κ2) is 9.91. The van der Waals surface area contributed by atoms with E-state index in [2.05, 4.69) is 25.3 Å². The van der Waals surface area contributed by atoms with Crippen molar-refractivity contribution in [3.8, 4) is 0 Å². The van der Waals surface area contributed by atoms with Crippen molar-refractivity contribution in [1.82, 2.24) is 9.47 Å². The third kappa shape index (κ3) is 5.40. The monoisotopic (exact) mass is 462 g/mol. The molecule has 0 aliphatic rings. The summed E-state index contributed by atoms with van der Waals surface area (Å²) in [6, 6.07) is 16.9. The van der Waals surface area contributed by atoms with Gasteiger partial charge in [0.15, 0.2) is 0 Å². The fraction of sp³-hybridized carbons (Fsp3) is 0.292. The largest absolute Gasteiger partial charge is 0.345 e. The molecular formula is C24H25Cl3N2O. The van der Waals surface area contributed by atoms with Gasteiger partial charge in [-0.2, -0.15) is 0 Å². The average molecular weight is 464 g/mol. The Labute approximate surface area is 193 Å². The van der Waals surface area contributed by atoms with E-state index < -0.39 is 0 Å². The van der Waals surface area contributed by atoms with Crippen molar-refractivity contribution in [2.45, 2.75) is 39.9 Å². The summed E-state index contributed by atoms with van der Waals surface area (Å²) < 4.78 is 2.14. The van der Waals surface area contributed by atoms with Gasteiger partial charge >= 0.3 is 0 Å². The summed E-state index contributed by atoms with van der Waals surface area (Å²) in [7, 11) is 0. The number of carbonyl (C=O) groups is 1. The Morgan fingerprint density at radius 2 is 1.70 bits per heavy atom. The summed E-state index contributed by atoms with van der Waals surface area (Å²) in [5, 5.41) is 1.59. The summed E-state index contributed by atoms with van der Waals surface area (Å²) in [6.07, 6.45) is 2.02. The molecule has 1 atom stereocenters. The van der Waals surface area contributed by atoms with Crippen LogP contribution >= 0.6 is 34.8 Å². The SMILES string of the molecule is CC(C)C(C)N(Cc1cccn1Cc1cccc(Cl)c1)C(=O)c1ccc(Cl)cc1Cl. The number of benzene rings is 2. The molecule has 30 heavy (non-hydrogen) atoms. The molecule has 3 rings (SSSR count). The first-order chi connectivity index (χ1) is 14.3. The molecular weight excluding hydrogens is 439 g/mol. The third-order valence-corrected chi connectivity index (χ3v) is 6.16. The zero-order chi connectivity index (χ0) is 21.8. The first-order valence-corrected chi connectivity index (χ1v) is 11.0. The smallest absolute Gasteiger partial charge is 0.255 e. The molecule has 158 valence electrons. The maximum Gasteiger partial charge on any atom is 0.255 e. The maximum atomic E-state index is 13.4. The van der Waals surface area contributed by atoms with Gasteiger partial charge in [-0.3, -0.25) is 4.79 Å². The molecule has 0 radical (unpaired) electrons. The fourth-order valence-electron chi connectivity index (χ4n) is 3.33. The van der Waals surface area contributed by atoms with Gasteiger partial charge in [0.25, 0.3) is 5.91 Å². The van der Waals surface area contributed by atoms with Crippen molar-refractivity contribution in [2.75, 3.05) is 0 Å². The molecule has 0 N–H and O–H groups in total. The van der Waals surface area contributed by atoms with Crippen LogP contribution in [0.3, 0.4) is 0 Å². The van der Waals surface area contributed by atoms with Crippen LogP contribution in [0.1, 0.15) is 42.4 Å². The van der Waals surface area contributed by atoms with Crippen LogP contribution in [0.2, 0.25) is 15.1 Å². The first-order valence-electron chi connectivity index (χ1n) is 9.90. The normalized spacial score (nSPS) is 12.2. The summed E-state index contributed by atoms with van der Waals surface area (Å²) >= 11 is 18.5. The number of carbonyl (C=O) groups excluding carboxylic acids is 1. The Balaban J connectivity index is 1.90. The van der Waals surface area contributed by atoms with E-state index in [0.717, 1.165) is 11.3 Å². The molecule has 0 aliphatic carbocycles. The van der Waals surface area contributed by atoms with E-state index in [1.807, 2.05) is 47.5 Å². The predicted octanol–water partition coefficient (Wildman–Crippen LogP) is 7.18. The Kier molecular flexibility index (Phi) is 7.51. The van der Waals surface area contributed by atoms with Gasteiger partial charge in [0.1, 0.15) is 0 Å². The van der Waals surface area contributed by atoms with Gasteiger partial charge in [-0.15, -0.1) is 0 Å². The van der Waals surface area contributed by atoms with E-state index in [4.69, 9.17) is 34.8 Å². The molecule has 0 bridgehead atoms. The summed E-state index contributed by atoms with van der Waals surface area (Å²) in [6.45, 7) is 7.45. The van der Waals surface area contributed by atoms with Gasteiger partial charge in [-0.25, -0.2) is 0 Å². The predicted molar refractivity (Wildman–Crippen MR) is 126 cm³/mol. The van der Waals surface area contributed by atoms with Crippen LogP contribution in [0, 0.1) is 5.92 Å². The van der Waals surface area contributed by atoms with E-state index in [1.54, 1.807) is 18.2 Å². The lowest BCUT2D eigenvalue weighted by Crippen LogP contribution is -2.41. The Hall–Kier alpha value is -1.94. The Bertz CT molecular complexity index is 1030. The number of rotatable bonds is 7. The number of aromatic nitrogens is 1. The lowest BCUT2D eigenvalue weighted by atomic mass is 10.0. The third-order valence-electron chi connectivity index (χ3n) is 5.38. The number of halogens is 3. The minimum Gasteiger partial charge on any atom is -0.345 e. The molecule has 0 spiro atoms. The van der Waals surface area contributed by atoms with Gasteiger partial charge in [0.2, 0.25) is 0 Å². The molecule has 0 fully saturated rings. The highest BCUT2D eigenvalue weighted by Gasteiger charge is 2.26. The number of nitrogens with zero attached hydrogens (tertiary/aromatic N) is 2. The highest BCUT2D eigenvalue weighted by molar-refractivity contribution is 6.36. The van der Waals surface area contributed by atoms with Crippen LogP contribution in [0.25, 0.3) is 0 Å². The topological polar surface area (TPSA) is 25.2 Å². The quantitative estimate of drug-likeness (QED) is 0.364. The molecule has 2 aromatic carbocycles. The zero-order valence-electron chi connectivity index (χ0n) is 17.3. The number of hydrogen-bond acceptors (Lipinski definition) is 1. The van der Waals surface area contributed by atoms with Crippen molar-refractivity contribution >= 4 is 40.7 Å². The lowest BCUT2D eigenvalue weighted by Gasteiger charge is -2.32. The number of hydrogen-bond donors (Lipinski definition) is 0. The summed E-state index contributed by atoms with van der Waals surface area (Å²) in [4.78, 5) is 15.3. The molecule has 3 aromatic rings. The lowest BCUT2D eigenvalue weighted by molar-refractivity contribution is 0.0623. The molecule has 0 saturated heterocycles. The first kappa shape index (κ1) is 22.7. The van der Waals surface area contributed by atoms with Crippen molar-refractivity contribution in [3.63, 3.8) is 0 Å². The highest BCUT2D eigenvalue weighted by Crippen LogP contribution is 2.26. The molecule has 1 amide bonds. The van der Waals surface area contributed by atoms with Crippen LogP contribution < -0.4 is 0 Å². The Morgan fingerprint density at radius 3 is 2.37 bits per heavy atom. The van der Waals surface area contributed by atoms with Crippen molar-refractivity contribution in [2.24, 2.45) is 5.92 Å². The van der Waals surface area contributed by atoms with Crippen LogP contribution in [-0.4, -0.2) is 21.4 Å². The zero-order valence-corrected chi connectivity index (χ0v) is 19.5. The molecule has 0 saturated carbocycles. The van der Waals surface area contributed by atoms with Gasteiger partial charge in [0.05, 0.1) is 17.1 Å². The van der Waals surface area contributed by atoms with Gasteiger partial charge in [0, 0.05) is 34.5 Å². The van der Waals surface area contributed by atoms with Crippen LogP contribution in [0.5, 0.6) is 0 Å². The van der Waals surface area contributed by atoms with Gasteiger partial charge in [-0.1, -0.05) is 60.8 Å². The van der Waals surface area contributed by atoms with E-state index in [1.165, 1.54) is 0 Å². The van der Waals surface area contributed by atoms with Gasteiger partial charge in [-0.05, 0) is 60.9 Å². The molecule has 3 nitrogen and oxygen atoms in total. The summed E-state index contributed by atoms with van der Waals surface area (Å²) in [5.41, 5.74) is 2.61. The average Bonchev–Trinajstić information content (AvgIpc) is 3.11. The minimum atomic E-state index is -0.103. The van der Waals surface area contributed by atoms with Crippen LogP contribution in [0.15, 0.2) is 60.8 Å². The highest BCUT2D eigenvalue weighted by atomic mass is 35.5. The fourth-order valence-corrected chi connectivity index (χ4v) is 4.03. The summed E-state index contributed by atoms with van der Waals surface area (Å²) in [5.74, 6) is 0.185. The molecule has 1 unspecified atom stereocenters. The minimum absolute atomic E-state index is 0.0266. The van der Waals surface area contributed by atoms with E-state index in [0.29, 0.717) is 33.7 Å². The van der Waals surface area contributed by atoms with E-state index in [-0.39, 0.29) is 17.9 Å². The van der Waals surface area contributed by atoms with Gasteiger partial charge < -0.3 is 9.47 Å². The van der Waals surface area contributed by atoms with E-state index in [9.17, 15) is 4.79 Å². The Morgan fingerprint density at radius 1 is 0.967 bits per heavy atom. The van der Waals surface area contributed by atoms with Crippen LogP contribution in [0.4, 0.5) is 0 Å². The van der Waals surface area contributed by atoms with E-state index >= 15 is 0 Å².